The molecule has 1 saturated heterocycles. The molecule has 2 aliphatic rings. The van der Waals surface area contributed by atoms with Gasteiger partial charge in [-0.1, -0.05) is 18.2 Å². The third-order valence-corrected chi connectivity index (χ3v) is 3.75. The van der Waals surface area contributed by atoms with Gasteiger partial charge in [0.15, 0.2) is 0 Å². The molecule has 2 unspecified atom stereocenters. The minimum atomic E-state index is 0.00111. The van der Waals surface area contributed by atoms with Crippen molar-refractivity contribution in [3.05, 3.63) is 34.9 Å². The van der Waals surface area contributed by atoms with Crippen LogP contribution in [0.5, 0.6) is 0 Å². The van der Waals surface area contributed by atoms with Crippen LogP contribution in [0.25, 0.3) is 0 Å². The van der Waals surface area contributed by atoms with E-state index < -0.39 is 0 Å². The van der Waals surface area contributed by atoms with Crippen molar-refractivity contribution in [1.82, 2.24) is 0 Å². The van der Waals surface area contributed by atoms with Gasteiger partial charge in [-0.15, -0.1) is 0 Å². The zero-order chi connectivity index (χ0) is 11.7. The summed E-state index contributed by atoms with van der Waals surface area (Å²) in [5, 5.41) is 0. The SMILES string of the molecule is NC(c1ccc2c(c1)COC2)C1CCCCO1. The summed E-state index contributed by atoms with van der Waals surface area (Å²) in [6.45, 7) is 2.32. The highest BCUT2D eigenvalue weighted by Gasteiger charge is 2.23. The molecule has 0 radical (unpaired) electrons. The summed E-state index contributed by atoms with van der Waals surface area (Å²) in [7, 11) is 0. The Balaban J connectivity index is 1.78. The van der Waals surface area contributed by atoms with Crippen molar-refractivity contribution in [1.29, 1.82) is 0 Å². The van der Waals surface area contributed by atoms with Gasteiger partial charge in [-0.05, 0) is 36.0 Å². The fraction of sp³-hybridized carbons (Fsp3) is 0.571. The van der Waals surface area contributed by atoms with Gasteiger partial charge < -0.3 is 15.2 Å². The fourth-order valence-electron chi connectivity index (χ4n) is 2.66. The van der Waals surface area contributed by atoms with E-state index in [-0.39, 0.29) is 12.1 Å². The van der Waals surface area contributed by atoms with E-state index in [9.17, 15) is 0 Å². The standard InChI is InChI=1S/C14H19NO2/c15-14(13-3-1-2-6-17-13)10-4-5-11-8-16-9-12(11)7-10/h4-5,7,13-14H,1-3,6,8-9,15H2. The summed E-state index contributed by atoms with van der Waals surface area (Å²) in [4.78, 5) is 0. The van der Waals surface area contributed by atoms with E-state index in [0.29, 0.717) is 0 Å². The first-order chi connectivity index (χ1) is 8.34. The van der Waals surface area contributed by atoms with Crippen molar-refractivity contribution in [3.8, 4) is 0 Å². The van der Waals surface area contributed by atoms with Crippen molar-refractivity contribution in [3.63, 3.8) is 0 Å². The second kappa shape index (κ2) is 4.77. The van der Waals surface area contributed by atoms with Crippen molar-refractivity contribution >= 4 is 0 Å². The molecule has 0 aliphatic carbocycles. The van der Waals surface area contributed by atoms with Gasteiger partial charge in [0.2, 0.25) is 0 Å². The Kier molecular flexibility index (Phi) is 3.14. The van der Waals surface area contributed by atoms with E-state index in [4.69, 9.17) is 15.2 Å². The Morgan fingerprint density at radius 2 is 2.06 bits per heavy atom. The predicted molar refractivity (Wildman–Crippen MR) is 65.5 cm³/mol. The molecule has 0 spiro atoms. The van der Waals surface area contributed by atoms with Gasteiger partial charge >= 0.3 is 0 Å². The second-order valence-corrected chi connectivity index (χ2v) is 4.95. The molecule has 0 amide bonds. The topological polar surface area (TPSA) is 44.5 Å². The number of ether oxygens (including phenoxy) is 2. The molecule has 1 aromatic rings. The normalized spacial score (nSPS) is 25.6. The summed E-state index contributed by atoms with van der Waals surface area (Å²) >= 11 is 0. The molecular weight excluding hydrogens is 214 g/mol. The average molecular weight is 233 g/mol. The highest BCUT2D eigenvalue weighted by molar-refractivity contribution is 5.34. The van der Waals surface area contributed by atoms with Crippen LogP contribution in [0.1, 0.15) is 42.0 Å². The number of rotatable bonds is 2. The minimum Gasteiger partial charge on any atom is -0.376 e. The fourth-order valence-corrected chi connectivity index (χ4v) is 2.66. The van der Waals surface area contributed by atoms with E-state index >= 15 is 0 Å². The van der Waals surface area contributed by atoms with Crippen LogP contribution in [0, 0.1) is 0 Å². The van der Waals surface area contributed by atoms with Gasteiger partial charge in [0, 0.05) is 6.61 Å². The maximum absolute atomic E-state index is 6.30. The maximum Gasteiger partial charge on any atom is 0.0767 e. The lowest BCUT2D eigenvalue weighted by Crippen LogP contribution is -2.31. The first-order valence-corrected chi connectivity index (χ1v) is 6.41. The van der Waals surface area contributed by atoms with Crippen LogP contribution < -0.4 is 5.73 Å². The molecule has 0 aromatic heterocycles. The first-order valence-electron chi connectivity index (χ1n) is 6.41. The van der Waals surface area contributed by atoms with Crippen molar-refractivity contribution in [2.24, 2.45) is 5.73 Å². The van der Waals surface area contributed by atoms with Gasteiger partial charge in [0.1, 0.15) is 0 Å². The summed E-state index contributed by atoms with van der Waals surface area (Å²) in [5.74, 6) is 0. The van der Waals surface area contributed by atoms with E-state index in [1.165, 1.54) is 29.5 Å². The largest absolute Gasteiger partial charge is 0.376 e. The Morgan fingerprint density at radius 3 is 2.88 bits per heavy atom. The molecule has 3 nitrogen and oxygen atoms in total. The third kappa shape index (κ3) is 2.23. The summed E-state index contributed by atoms with van der Waals surface area (Å²) in [6, 6.07) is 6.45. The quantitative estimate of drug-likeness (QED) is 0.852. The molecule has 0 bridgehead atoms. The number of hydrogen-bond acceptors (Lipinski definition) is 3. The lowest BCUT2D eigenvalue weighted by atomic mass is 9.94. The van der Waals surface area contributed by atoms with Gasteiger partial charge in [-0.3, -0.25) is 0 Å². The van der Waals surface area contributed by atoms with Crippen LogP contribution in [0.15, 0.2) is 18.2 Å². The molecule has 2 heterocycles. The molecule has 1 fully saturated rings. The highest BCUT2D eigenvalue weighted by Crippen LogP contribution is 2.28. The van der Waals surface area contributed by atoms with Gasteiger partial charge in [0.25, 0.3) is 0 Å². The summed E-state index contributed by atoms with van der Waals surface area (Å²) in [6.07, 6.45) is 3.66. The molecular formula is C14H19NO2. The van der Waals surface area contributed by atoms with E-state index in [0.717, 1.165) is 26.2 Å². The Bertz CT molecular complexity index is 399. The number of hydrogen-bond donors (Lipinski definition) is 1. The molecule has 2 N–H and O–H groups in total. The van der Waals surface area contributed by atoms with Crippen LogP contribution in [0.4, 0.5) is 0 Å². The Hall–Kier alpha value is -0.900. The lowest BCUT2D eigenvalue weighted by molar-refractivity contribution is -0.00000443. The number of benzene rings is 1. The van der Waals surface area contributed by atoms with Gasteiger partial charge in [-0.25, -0.2) is 0 Å². The predicted octanol–water partition coefficient (Wildman–Crippen LogP) is 2.29. The zero-order valence-electron chi connectivity index (χ0n) is 10.0. The molecule has 17 heavy (non-hydrogen) atoms. The van der Waals surface area contributed by atoms with Crippen LogP contribution >= 0.6 is 0 Å². The number of fused-ring (bicyclic) bond motifs is 1. The Labute approximate surface area is 102 Å². The molecule has 3 rings (SSSR count). The van der Waals surface area contributed by atoms with Crippen molar-refractivity contribution < 1.29 is 9.47 Å². The minimum absolute atomic E-state index is 0.00111. The highest BCUT2D eigenvalue weighted by atomic mass is 16.5. The molecule has 2 atom stereocenters. The van der Waals surface area contributed by atoms with E-state index in [2.05, 4.69) is 18.2 Å². The van der Waals surface area contributed by atoms with Gasteiger partial charge in [0.05, 0.1) is 25.4 Å². The second-order valence-electron chi connectivity index (χ2n) is 4.95. The molecule has 2 aliphatic heterocycles. The molecule has 0 saturated carbocycles. The van der Waals surface area contributed by atoms with Crippen LogP contribution in [-0.2, 0) is 22.7 Å². The van der Waals surface area contributed by atoms with Crippen molar-refractivity contribution in [2.75, 3.05) is 6.61 Å². The summed E-state index contributed by atoms with van der Waals surface area (Å²) in [5.41, 5.74) is 10.1. The molecule has 3 heteroatoms. The van der Waals surface area contributed by atoms with Crippen LogP contribution in [0.2, 0.25) is 0 Å². The number of nitrogens with two attached hydrogens (primary N) is 1. The average Bonchev–Trinajstić information content (AvgIpc) is 2.86. The maximum atomic E-state index is 6.30. The van der Waals surface area contributed by atoms with Crippen LogP contribution in [-0.4, -0.2) is 12.7 Å². The van der Waals surface area contributed by atoms with E-state index in [1.54, 1.807) is 0 Å². The zero-order valence-corrected chi connectivity index (χ0v) is 10.0. The van der Waals surface area contributed by atoms with Gasteiger partial charge in [-0.2, -0.15) is 0 Å². The lowest BCUT2D eigenvalue weighted by Gasteiger charge is -2.28. The molecule has 92 valence electrons. The van der Waals surface area contributed by atoms with Crippen molar-refractivity contribution in [2.45, 2.75) is 44.6 Å². The smallest absolute Gasteiger partial charge is 0.0767 e. The van der Waals surface area contributed by atoms with Crippen LogP contribution in [0.3, 0.4) is 0 Å². The Morgan fingerprint density at radius 1 is 1.18 bits per heavy atom. The summed E-state index contributed by atoms with van der Waals surface area (Å²) < 4.78 is 11.2. The molecule has 1 aromatic carbocycles. The first kappa shape index (κ1) is 11.2. The monoisotopic (exact) mass is 233 g/mol. The van der Waals surface area contributed by atoms with E-state index in [1.807, 2.05) is 0 Å². The third-order valence-electron chi connectivity index (χ3n) is 3.75.